The number of hydrogen-bond donors (Lipinski definition) is 2. The number of benzene rings is 1. The van der Waals surface area contributed by atoms with Crippen LogP contribution < -0.4 is 5.69 Å². The summed E-state index contributed by atoms with van der Waals surface area (Å²) in [6, 6.07) is 5.32. The van der Waals surface area contributed by atoms with E-state index in [0.29, 0.717) is 10.1 Å². The van der Waals surface area contributed by atoms with E-state index in [-0.39, 0.29) is 17.3 Å². The molecule has 0 atom stereocenters. The number of aromatic nitrogens is 3. The monoisotopic (exact) mass is 291 g/mol. The molecule has 1 aliphatic carbocycles. The van der Waals surface area contributed by atoms with Crippen LogP contribution in [-0.4, -0.2) is 25.8 Å². The predicted molar refractivity (Wildman–Crippen MR) is 73.4 cm³/mol. The molecule has 7 heteroatoms. The Morgan fingerprint density at radius 1 is 1.50 bits per heavy atom. The van der Waals surface area contributed by atoms with Crippen LogP contribution in [0, 0.1) is 6.92 Å². The number of carbonyl (C=O) groups is 1. The van der Waals surface area contributed by atoms with Gasteiger partial charge in [0, 0.05) is 10.9 Å². The summed E-state index contributed by atoms with van der Waals surface area (Å²) in [5.74, 6) is -0.983. The van der Waals surface area contributed by atoms with Crippen molar-refractivity contribution in [1.29, 1.82) is 0 Å². The van der Waals surface area contributed by atoms with E-state index < -0.39 is 5.97 Å². The molecule has 0 aliphatic heterocycles. The van der Waals surface area contributed by atoms with Crippen LogP contribution in [0.4, 0.5) is 0 Å². The summed E-state index contributed by atoms with van der Waals surface area (Å²) >= 11 is 1.21. The molecule has 0 spiro atoms. The molecule has 2 N–H and O–H groups in total. The second-order valence-corrected chi connectivity index (χ2v) is 5.83. The van der Waals surface area contributed by atoms with Gasteiger partial charge >= 0.3 is 11.7 Å². The van der Waals surface area contributed by atoms with Gasteiger partial charge in [-0.05, 0) is 49.2 Å². The summed E-state index contributed by atoms with van der Waals surface area (Å²) in [4.78, 5) is 23.6. The van der Waals surface area contributed by atoms with Crippen LogP contribution >= 0.6 is 11.8 Å². The van der Waals surface area contributed by atoms with Crippen LogP contribution in [0.2, 0.25) is 0 Å². The van der Waals surface area contributed by atoms with Crippen molar-refractivity contribution in [3.8, 4) is 0 Å². The highest BCUT2D eigenvalue weighted by Crippen LogP contribution is 2.38. The number of aryl methyl sites for hydroxylation is 1. The maximum Gasteiger partial charge on any atom is 0.344 e. The minimum absolute atomic E-state index is 0.196. The average molecular weight is 291 g/mol. The molecule has 1 fully saturated rings. The van der Waals surface area contributed by atoms with Crippen LogP contribution in [0.15, 0.2) is 33.0 Å². The third kappa shape index (κ3) is 2.36. The summed E-state index contributed by atoms with van der Waals surface area (Å²) in [5.41, 5.74) is 0.950. The van der Waals surface area contributed by atoms with Crippen molar-refractivity contribution >= 4 is 17.7 Å². The van der Waals surface area contributed by atoms with Crippen LogP contribution in [0.25, 0.3) is 0 Å². The van der Waals surface area contributed by atoms with Crippen molar-refractivity contribution in [2.45, 2.75) is 35.9 Å². The first kappa shape index (κ1) is 13.0. The van der Waals surface area contributed by atoms with Crippen LogP contribution in [0.3, 0.4) is 0 Å². The number of rotatable bonds is 4. The van der Waals surface area contributed by atoms with Crippen molar-refractivity contribution in [1.82, 2.24) is 14.8 Å². The van der Waals surface area contributed by atoms with Gasteiger partial charge in [-0.25, -0.2) is 14.7 Å². The van der Waals surface area contributed by atoms with Gasteiger partial charge in [-0.1, -0.05) is 6.07 Å². The molecule has 1 saturated carbocycles. The number of carboxylic acid groups (broad SMARTS) is 1. The average Bonchev–Trinajstić information content (AvgIpc) is 3.15. The zero-order chi connectivity index (χ0) is 14.3. The number of aromatic carboxylic acids is 1. The fraction of sp³-hybridized carbons (Fsp3) is 0.308. The fourth-order valence-electron chi connectivity index (χ4n) is 2.01. The zero-order valence-corrected chi connectivity index (χ0v) is 11.6. The van der Waals surface area contributed by atoms with E-state index in [1.807, 2.05) is 6.92 Å². The Balaban J connectivity index is 2.01. The lowest BCUT2D eigenvalue weighted by atomic mass is 10.1. The molecule has 0 unspecified atom stereocenters. The summed E-state index contributed by atoms with van der Waals surface area (Å²) in [7, 11) is 0. The third-order valence-electron chi connectivity index (χ3n) is 3.15. The first-order valence-corrected chi connectivity index (χ1v) is 7.06. The van der Waals surface area contributed by atoms with Gasteiger partial charge in [0.25, 0.3) is 0 Å². The molecule has 0 amide bonds. The molecule has 0 saturated heterocycles. The molecule has 2 aromatic rings. The SMILES string of the molecule is Cc1ccc(C(=O)O)c(Sc2n[nH]c(=O)n2C2CC2)c1. The van der Waals surface area contributed by atoms with Crippen molar-refractivity contribution in [3.63, 3.8) is 0 Å². The molecule has 20 heavy (non-hydrogen) atoms. The second kappa shape index (κ2) is 4.82. The van der Waals surface area contributed by atoms with Crippen LogP contribution in [0.5, 0.6) is 0 Å². The maximum atomic E-state index is 11.7. The Labute approximate surface area is 118 Å². The van der Waals surface area contributed by atoms with E-state index in [1.165, 1.54) is 11.8 Å². The van der Waals surface area contributed by atoms with E-state index in [2.05, 4.69) is 10.2 Å². The van der Waals surface area contributed by atoms with E-state index in [1.54, 1.807) is 22.8 Å². The van der Waals surface area contributed by atoms with E-state index >= 15 is 0 Å². The largest absolute Gasteiger partial charge is 0.478 e. The van der Waals surface area contributed by atoms with Gasteiger partial charge in [0.05, 0.1) is 5.56 Å². The molecule has 0 bridgehead atoms. The van der Waals surface area contributed by atoms with Crippen molar-refractivity contribution in [3.05, 3.63) is 39.8 Å². The molecule has 1 aromatic heterocycles. The normalized spacial score (nSPS) is 14.4. The molecule has 6 nitrogen and oxygen atoms in total. The van der Waals surface area contributed by atoms with E-state index in [0.717, 1.165) is 18.4 Å². The van der Waals surface area contributed by atoms with Gasteiger partial charge in [-0.3, -0.25) is 4.57 Å². The lowest BCUT2D eigenvalue weighted by molar-refractivity contribution is 0.0693. The highest BCUT2D eigenvalue weighted by Gasteiger charge is 2.29. The Hall–Kier alpha value is -2.02. The highest BCUT2D eigenvalue weighted by atomic mass is 32.2. The number of H-pyrrole nitrogens is 1. The van der Waals surface area contributed by atoms with Crippen LogP contribution in [-0.2, 0) is 0 Å². The van der Waals surface area contributed by atoms with Gasteiger partial charge in [-0.2, -0.15) is 0 Å². The minimum atomic E-state index is -0.983. The summed E-state index contributed by atoms with van der Waals surface area (Å²) < 4.78 is 1.61. The first-order valence-electron chi connectivity index (χ1n) is 6.25. The van der Waals surface area contributed by atoms with Crippen molar-refractivity contribution in [2.75, 3.05) is 0 Å². The Bertz CT molecular complexity index is 731. The van der Waals surface area contributed by atoms with Crippen LogP contribution in [0.1, 0.15) is 34.8 Å². The lowest BCUT2D eigenvalue weighted by Gasteiger charge is -2.07. The molecule has 1 heterocycles. The van der Waals surface area contributed by atoms with Gasteiger partial charge in [-0.15, -0.1) is 5.10 Å². The zero-order valence-electron chi connectivity index (χ0n) is 10.8. The number of aromatic amines is 1. The Kier molecular flexibility index (Phi) is 3.13. The summed E-state index contributed by atoms with van der Waals surface area (Å²) in [6.07, 6.45) is 1.93. The van der Waals surface area contributed by atoms with Gasteiger partial charge < -0.3 is 5.11 Å². The number of carboxylic acids is 1. The van der Waals surface area contributed by atoms with Gasteiger partial charge in [0.2, 0.25) is 0 Å². The standard InChI is InChI=1S/C13H13N3O3S/c1-7-2-5-9(11(17)18)10(6-7)20-13-15-14-12(19)16(13)8-3-4-8/h2,5-6,8H,3-4H2,1H3,(H,14,19)(H,17,18). The predicted octanol–water partition coefficient (Wildman–Crippen LogP) is 2.06. The van der Waals surface area contributed by atoms with Gasteiger partial charge in [0.15, 0.2) is 5.16 Å². The quantitative estimate of drug-likeness (QED) is 0.900. The fourth-order valence-corrected chi connectivity index (χ4v) is 3.13. The second-order valence-electron chi connectivity index (χ2n) is 4.82. The van der Waals surface area contributed by atoms with E-state index in [4.69, 9.17) is 0 Å². The van der Waals surface area contributed by atoms with Crippen molar-refractivity contribution < 1.29 is 9.90 Å². The number of nitrogens with one attached hydrogen (secondary N) is 1. The lowest BCUT2D eigenvalue weighted by Crippen LogP contribution is -2.16. The first-order chi connectivity index (χ1) is 9.56. The van der Waals surface area contributed by atoms with Crippen molar-refractivity contribution in [2.24, 2.45) is 0 Å². The number of hydrogen-bond acceptors (Lipinski definition) is 4. The number of nitrogens with zero attached hydrogens (tertiary/aromatic N) is 2. The molecular formula is C13H13N3O3S. The molecule has 1 aromatic carbocycles. The molecule has 104 valence electrons. The Morgan fingerprint density at radius 3 is 2.90 bits per heavy atom. The smallest absolute Gasteiger partial charge is 0.344 e. The summed E-state index contributed by atoms with van der Waals surface area (Å²) in [5, 5.41) is 16.2. The minimum Gasteiger partial charge on any atom is -0.478 e. The molecular weight excluding hydrogens is 278 g/mol. The topological polar surface area (TPSA) is 88.0 Å². The van der Waals surface area contributed by atoms with Gasteiger partial charge in [0.1, 0.15) is 0 Å². The molecule has 0 radical (unpaired) electrons. The summed E-state index contributed by atoms with van der Waals surface area (Å²) in [6.45, 7) is 1.90. The Morgan fingerprint density at radius 2 is 2.25 bits per heavy atom. The third-order valence-corrected chi connectivity index (χ3v) is 4.18. The molecule has 3 rings (SSSR count). The van der Waals surface area contributed by atoms with E-state index in [9.17, 15) is 14.7 Å². The molecule has 1 aliphatic rings. The highest BCUT2D eigenvalue weighted by molar-refractivity contribution is 7.99. The maximum absolute atomic E-state index is 11.7.